The SMILES string of the molecule is COc1cc(C=Nn2c(C(C)C)nc3ccc(Br)cc3c2=O)c(Br)c(Br)c1OCc1cccc(F)c1. The zero-order valence-electron chi connectivity index (χ0n) is 19.6. The summed E-state index contributed by atoms with van der Waals surface area (Å²) in [6.45, 7) is 4.07. The molecule has 4 aromatic rings. The average molecular weight is 682 g/mol. The van der Waals surface area contributed by atoms with E-state index < -0.39 is 0 Å². The highest BCUT2D eigenvalue weighted by atomic mass is 79.9. The van der Waals surface area contributed by atoms with E-state index in [1.807, 2.05) is 26.0 Å². The Morgan fingerprint density at radius 1 is 1.11 bits per heavy atom. The summed E-state index contributed by atoms with van der Waals surface area (Å²) in [5.41, 5.74) is 1.68. The third-order valence-corrected chi connectivity index (χ3v) is 7.95. The Kier molecular flexibility index (Phi) is 8.27. The van der Waals surface area contributed by atoms with Gasteiger partial charge in [0, 0.05) is 20.4 Å². The number of ether oxygens (including phenoxy) is 2. The fourth-order valence-corrected chi connectivity index (χ4v) is 4.83. The molecular formula is C26H21Br3FN3O3. The van der Waals surface area contributed by atoms with Crippen LogP contribution in [0.3, 0.4) is 0 Å². The summed E-state index contributed by atoms with van der Waals surface area (Å²) in [6.07, 6.45) is 1.56. The van der Waals surface area contributed by atoms with Crippen molar-refractivity contribution in [3.05, 3.63) is 95.1 Å². The van der Waals surface area contributed by atoms with Crippen LogP contribution >= 0.6 is 47.8 Å². The van der Waals surface area contributed by atoms with Crippen molar-refractivity contribution in [3.8, 4) is 11.5 Å². The highest BCUT2D eigenvalue weighted by Gasteiger charge is 2.18. The molecule has 0 unspecified atom stereocenters. The molecular weight excluding hydrogens is 661 g/mol. The maximum absolute atomic E-state index is 13.5. The monoisotopic (exact) mass is 679 g/mol. The normalized spacial score (nSPS) is 11.6. The minimum Gasteiger partial charge on any atom is -0.493 e. The summed E-state index contributed by atoms with van der Waals surface area (Å²) in [5.74, 6) is 1.07. The van der Waals surface area contributed by atoms with Gasteiger partial charge in [-0.05, 0) is 73.8 Å². The summed E-state index contributed by atoms with van der Waals surface area (Å²) in [7, 11) is 1.53. The lowest BCUT2D eigenvalue weighted by Gasteiger charge is -2.16. The molecule has 0 spiro atoms. The van der Waals surface area contributed by atoms with Gasteiger partial charge in [0.2, 0.25) is 0 Å². The van der Waals surface area contributed by atoms with E-state index in [0.717, 1.165) is 4.47 Å². The molecule has 0 radical (unpaired) electrons. The lowest BCUT2D eigenvalue weighted by molar-refractivity contribution is 0.282. The van der Waals surface area contributed by atoms with Crippen molar-refractivity contribution in [2.75, 3.05) is 7.11 Å². The van der Waals surface area contributed by atoms with Crippen LogP contribution in [0.2, 0.25) is 0 Å². The molecule has 0 atom stereocenters. The van der Waals surface area contributed by atoms with Crippen LogP contribution < -0.4 is 15.0 Å². The van der Waals surface area contributed by atoms with Crippen LogP contribution in [0.25, 0.3) is 10.9 Å². The lowest BCUT2D eigenvalue weighted by Crippen LogP contribution is -2.23. The Morgan fingerprint density at radius 2 is 1.89 bits per heavy atom. The zero-order chi connectivity index (χ0) is 26.0. The van der Waals surface area contributed by atoms with Gasteiger partial charge in [-0.3, -0.25) is 4.79 Å². The molecule has 0 aliphatic carbocycles. The number of fused-ring (bicyclic) bond motifs is 1. The Labute approximate surface area is 232 Å². The van der Waals surface area contributed by atoms with E-state index in [2.05, 4.69) is 57.9 Å². The second-order valence-electron chi connectivity index (χ2n) is 8.19. The molecule has 10 heteroatoms. The van der Waals surface area contributed by atoms with Crippen molar-refractivity contribution in [2.45, 2.75) is 26.4 Å². The van der Waals surface area contributed by atoms with E-state index in [0.29, 0.717) is 48.3 Å². The Hall–Kier alpha value is -2.56. The van der Waals surface area contributed by atoms with Crippen molar-refractivity contribution in [1.82, 2.24) is 9.66 Å². The van der Waals surface area contributed by atoms with Gasteiger partial charge in [-0.2, -0.15) is 9.78 Å². The van der Waals surface area contributed by atoms with Crippen LogP contribution in [0.1, 0.15) is 36.7 Å². The average Bonchev–Trinajstić information content (AvgIpc) is 2.85. The van der Waals surface area contributed by atoms with Gasteiger partial charge >= 0.3 is 0 Å². The highest BCUT2D eigenvalue weighted by molar-refractivity contribution is 9.13. The maximum atomic E-state index is 13.5. The Bertz CT molecular complexity index is 1540. The van der Waals surface area contributed by atoms with Gasteiger partial charge in [-0.25, -0.2) is 9.37 Å². The molecule has 0 bridgehead atoms. The molecule has 0 aliphatic rings. The predicted octanol–water partition coefficient (Wildman–Crippen LogP) is 7.42. The molecule has 4 rings (SSSR count). The zero-order valence-corrected chi connectivity index (χ0v) is 24.3. The molecule has 36 heavy (non-hydrogen) atoms. The van der Waals surface area contributed by atoms with Crippen LogP contribution in [-0.4, -0.2) is 23.0 Å². The minimum absolute atomic E-state index is 0.0359. The number of methoxy groups -OCH3 is 1. The number of halogens is 4. The fourth-order valence-electron chi connectivity index (χ4n) is 3.54. The summed E-state index contributed by atoms with van der Waals surface area (Å²) < 4.78 is 28.4. The van der Waals surface area contributed by atoms with Crippen molar-refractivity contribution < 1.29 is 13.9 Å². The number of hydrogen-bond donors (Lipinski definition) is 0. The standard InChI is InChI=1S/C26H21Br3FN3O3/c1-14(2)25-32-20-8-7-17(27)11-19(20)26(34)33(25)31-12-16-10-21(35-3)24(23(29)22(16)28)36-13-15-5-4-6-18(30)9-15/h4-12,14H,13H2,1-3H3. The molecule has 0 fully saturated rings. The molecule has 0 saturated carbocycles. The first-order valence-corrected chi connectivity index (χ1v) is 13.3. The van der Waals surface area contributed by atoms with Crippen LogP contribution in [0.4, 0.5) is 4.39 Å². The Morgan fingerprint density at radius 3 is 2.58 bits per heavy atom. The fraction of sp³-hybridized carbons (Fsp3) is 0.192. The lowest BCUT2D eigenvalue weighted by atomic mass is 10.2. The van der Waals surface area contributed by atoms with Gasteiger partial charge in [0.15, 0.2) is 11.5 Å². The smallest absolute Gasteiger partial charge is 0.282 e. The predicted molar refractivity (Wildman–Crippen MR) is 150 cm³/mol. The van der Waals surface area contributed by atoms with Crippen molar-refractivity contribution in [1.29, 1.82) is 0 Å². The van der Waals surface area contributed by atoms with Crippen molar-refractivity contribution in [2.24, 2.45) is 5.10 Å². The van der Waals surface area contributed by atoms with Gasteiger partial charge in [-0.1, -0.05) is 41.9 Å². The molecule has 0 amide bonds. The number of rotatable bonds is 7. The van der Waals surface area contributed by atoms with Gasteiger partial charge < -0.3 is 9.47 Å². The molecule has 0 aliphatic heterocycles. The molecule has 1 aromatic heterocycles. The van der Waals surface area contributed by atoms with Gasteiger partial charge in [-0.15, -0.1) is 0 Å². The largest absolute Gasteiger partial charge is 0.493 e. The van der Waals surface area contributed by atoms with Gasteiger partial charge in [0.05, 0.1) is 28.7 Å². The number of aromatic nitrogens is 2. The van der Waals surface area contributed by atoms with Crippen LogP contribution in [-0.2, 0) is 6.61 Å². The highest BCUT2D eigenvalue weighted by Crippen LogP contribution is 2.42. The Balaban J connectivity index is 1.74. The van der Waals surface area contributed by atoms with E-state index in [-0.39, 0.29) is 23.9 Å². The van der Waals surface area contributed by atoms with E-state index in [1.54, 1.807) is 30.5 Å². The molecule has 186 valence electrons. The van der Waals surface area contributed by atoms with Gasteiger partial charge in [0.1, 0.15) is 18.2 Å². The number of nitrogens with zero attached hydrogens (tertiary/aromatic N) is 3. The first-order valence-electron chi connectivity index (χ1n) is 10.9. The van der Waals surface area contributed by atoms with Crippen LogP contribution in [0.5, 0.6) is 11.5 Å². The number of benzene rings is 3. The summed E-state index contributed by atoms with van der Waals surface area (Å²) >= 11 is 10.5. The minimum atomic E-state index is -0.332. The van der Waals surface area contributed by atoms with Crippen LogP contribution in [0, 0.1) is 5.82 Å². The van der Waals surface area contributed by atoms with E-state index >= 15 is 0 Å². The molecule has 0 N–H and O–H groups in total. The van der Waals surface area contributed by atoms with E-state index in [4.69, 9.17) is 9.47 Å². The van der Waals surface area contributed by atoms with Crippen molar-refractivity contribution >= 4 is 64.9 Å². The van der Waals surface area contributed by atoms with Gasteiger partial charge in [0.25, 0.3) is 5.56 Å². The second-order valence-corrected chi connectivity index (χ2v) is 10.7. The molecule has 6 nitrogen and oxygen atoms in total. The summed E-state index contributed by atoms with van der Waals surface area (Å²) in [5, 5.41) is 4.96. The summed E-state index contributed by atoms with van der Waals surface area (Å²) in [6, 6.07) is 13.3. The van der Waals surface area contributed by atoms with E-state index in [1.165, 1.54) is 23.9 Å². The summed E-state index contributed by atoms with van der Waals surface area (Å²) in [4.78, 5) is 18.0. The quantitative estimate of drug-likeness (QED) is 0.191. The maximum Gasteiger partial charge on any atom is 0.282 e. The third-order valence-electron chi connectivity index (χ3n) is 5.31. The third kappa shape index (κ3) is 5.55. The topological polar surface area (TPSA) is 65.7 Å². The molecule has 1 heterocycles. The molecule has 0 saturated heterocycles. The van der Waals surface area contributed by atoms with Crippen molar-refractivity contribution in [3.63, 3.8) is 0 Å². The van der Waals surface area contributed by atoms with Crippen LogP contribution in [0.15, 0.2) is 71.8 Å². The first-order chi connectivity index (χ1) is 17.2. The molecule has 3 aromatic carbocycles. The number of hydrogen-bond acceptors (Lipinski definition) is 5. The van der Waals surface area contributed by atoms with E-state index in [9.17, 15) is 9.18 Å². The first kappa shape index (κ1) is 26.5. The second kappa shape index (κ2) is 11.2.